The van der Waals surface area contributed by atoms with Crippen LogP contribution in [0.25, 0.3) is 0 Å². The molecule has 0 fully saturated rings. The molecule has 1 aromatic carbocycles. The Kier molecular flexibility index (Phi) is 3.90. The first-order valence-corrected chi connectivity index (χ1v) is 6.80. The largest absolute Gasteiger partial charge is 0.444 e. The van der Waals surface area contributed by atoms with Crippen molar-refractivity contribution in [1.29, 1.82) is 0 Å². The van der Waals surface area contributed by atoms with Crippen LogP contribution in [0.3, 0.4) is 0 Å². The summed E-state index contributed by atoms with van der Waals surface area (Å²) in [7, 11) is 0. The predicted molar refractivity (Wildman–Crippen MR) is 77.3 cm³/mol. The quantitative estimate of drug-likeness (QED) is 0.713. The van der Waals surface area contributed by atoms with E-state index in [1.807, 2.05) is 32.9 Å². The smallest absolute Gasteiger partial charge is 0.410 e. The lowest BCUT2D eigenvalue weighted by molar-refractivity contribution is 0.0162. The highest BCUT2D eigenvalue weighted by atomic mass is 16.6. The third-order valence-corrected chi connectivity index (χ3v) is 3.23. The molecule has 0 saturated carbocycles. The van der Waals surface area contributed by atoms with E-state index in [0.717, 1.165) is 11.1 Å². The molecule has 0 bridgehead atoms. The maximum atomic E-state index is 12.1. The number of benzene rings is 1. The van der Waals surface area contributed by atoms with Crippen molar-refractivity contribution in [3.8, 4) is 0 Å². The molecule has 1 amide bonds. The molecular weight excluding hydrogens is 256 g/mol. The highest BCUT2D eigenvalue weighted by Crippen LogP contribution is 2.26. The van der Waals surface area contributed by atoms with Crippen LogP contribution in [0.4, 0.5) is 10.5 Å². The molecule has 0 aliphatic carbocycles. The Balaban J connectivity index is 2.15. The minimum absolute atomic E-state index is 0.228. The van der Waals surface area contributed by atoms with Crippen LogP contribution in [-0.2, 0) is 11.2 Å². The van der Waals surface area contributed by atoms with E-state index in [1.165, 1.54) is 0 Å². The monoisotopic (exact) mass is 278 g/mol. The molecular formula is C15H22N2O3. The zero-order valence-corrected chi connectivity index (χ0v) is 12.2. The van der Waals surface area contributed by atoms with Crippen LogP contribution >= 0.6 is 0 Å². The topological polar surface area (TPSA) is 75.8 Å². The highest BCUT2D eigenvalue weighted by Gasteiger charge is 2.27. The molecule has 0 aromatic heterocycles. The van der Waals surface area contributed by atoms with Gasteiger partial charge < -0.3 is 20.5 Å². The first kappa shape index (κ1) is 14.7. The number of anilines is 1. The van der Waals surface area contributed by atoms with Crippen LogP contribution in [0.5, 0.6) is 0 Å². The first-order valence-electron chi connectivity index (χ1n) is 6.80. The summed E-state index contributed by atoms with van der Waals surface area (Å²) in [6.07, 6.45) is -0.438. The third-order valence-electron chi connectivity index (χ3n) is 3.23. The average Bonchev–Trinajstić information content (AvgIpc) is 2.47. The summed E-state index contributed by atoms with van der Waals surface area (Å²) in [4.78, 5) is 13.6. The third kappa shape index (κ3) is 3.42. The minimum atomic E-state index is -0.733. The van der Waals surface area contributed by atoms with Crippen molar-refractivity contribution in [3.05, 3.63) is 29.3 Å². The molecule has 1 aliphatic heterocycles. The lowest BCUT2D eigenvalue weighted by Crippen LogP contribution is -2.39. The molecule has 0 radical (unpaired) electrons. The number of aliphatic hydroxyl groups is 1. The van der Waals surface area contributed by atoms with E-state index in [4.69, 9.17) is 10.5 Å². The lowest BCUT2D eigenvalue weighted by atomic mass is 10.0. The summed E-state index contributed by atoms with van der Waals surface area (Å²) in [5.41, 5.74) is 7.67. The number of ether oxygens (including phenoxy) is 1. The Bertz CT molecular complexity index is 508. The van der Waals surface area contributed by atoms with Crippen LogP contribution in [0, 0.1) is 0 Å². The van der Waals surface area contributed by atoms with E-state index in [1.54, 1.807) is 11.0 Å². The van der Waals surface area contributed by atoms with Gasteiger partial charge in [-0.15, -0.1) is 0 Å². The summed E-state index contributed by atoms with van der Waals surface area (Å²) >= 11 is 0. The van der Waals surface area contributed by atoms with E-state index in [-0.39, 0.29) is 6.54 Å². The fraction of sp³-hybridized carbons (Fsp3) is 0.533. The summed E-state index contributed by atoms with van der Waals surface area (Å²) in [5.74, 6) is 0. The number of amides is 1. The second-order valence-corrected chi connectivity index (χ2v) is 6.15. The number of fused-ring (bicyclic) bond motifs is 1. The number of carbonyl (C=O) groups excluding carboxylic acids is 1. The normalized spacial score (nSPS) is 19.2. The number of aliphatic hydroxyl groups excluding tert-OH is 1. The molecule has 1 aromatic rings. The highest BCUT2D eigenvalue weighted by molar-refractivity contribution is 5.68. The van der Waals surface area contributed by atoms with Crippen molar-refractivity contribution < 1.29 is 14.6 Å². The fourth-order valence-electron chi connectivity index (χ4n) is 2.30. The average molecular weight is 278 g/mol. The van der Waals surface area contributed by atoms with E-state index in [9.17, 15) is 9.90 Å². The van der Waals surface area contributed by atoms with E-state index >= 15 is 0 Å². The van der Waals surface area contributed by atoms with Crippen molar-refractivity contribution in [2.75, 3.05) is 18.8 Å². The van der Waals surface area contributed by atoms with E-state index < -0.39 is 17.8 Å². The molecule has 3 N–H and O–H groups in total. The van der Waals surface area contributed by atoms with Crippen LogP contribution < -0.4 is 5.73 Å². The molecule has 1 heterocycles. The molecule has 1 unspecified atom stereocenters. The second kappa shape index (κ2) is 5.32. The number of β-amino-alcohol motifs (C(OH)–C–C–N with tert-alkyl or cyclic N) is 1. The van der Waals surface area contributed by atoms with E-state index in [2.05, 4.69) is 0 Å². The number of hydrogen-bond donors (Lipinski definition) is 2. The van der Waals surface area contributed by atoms with Gasteiger partial charge in [-0.05, 0) is 50.5 Å². The van der Waals surface area contributed by atoms with Crippen molar-refractivity contribution >= 4 is 11.8 Å². The summed E-state index contributed by atoms with van der Waals surface area (Å²) in [6.45, 7) is 6.24. The van der Waals surface area contributed by atoms with Gasteiger partial charge in [0.2, 0.25) is 0 Å². The zero-order chi connectivity index (χ0) is 14.9. The number of nitrogen functional groups attached to an aromatic ring is 1. The maximum absolute atomic E-state index is 12.1. The molecule has 1 atom stereocenters. The number of hydrogen-bond acceptors (Lipinski definition) is 4. The number of nitrogens with zero attached hydrogens (tertiary/aromatic N) is 1. The Labute approximate surface area is 119 Å². The van der Waals surface area contributed by atoms with Crippen LogP contribution in [-0.4, -0.2) is 34.8 Å². The number of rotatable bonds is 0. The molecule has 110 valence electrons. The summed E-state index contributed by atoms with van der Waals surface area (Å²) in [6, 6.07) is 5.50. The van der Waals surface area contributed by atoms with Gasteiger partial charge in [0.1, 0.15) is 5.60 Å². The van der Waals surface area contributed by atoms with Gasteiger partial charge in [-0.1, -0.05) is 6.07 Å². The van der Waals surface area contributed by atoms with Gasteiger partial charge in [0, 0.05) is 12.2 Å². The van der Waals surface area contributed by atoms with Crippen molar-refractivity contribution in [2.24, 2.45) is 0 Å². The van der Waals surface area contributed by atoms with Gasteiger partial charge in [0.25, 0.3) is 0 Å². The zero-order valence-electron chi connectivity index (χ0n) is 12.2. The van der Waals surface area contributed by atoms with Gasteiger partial charge in [0.05, 0.1) is 12.6 Å². The molecule has 0 spiro atoms. The minimum Gasteiger partial charge on any atom is -0.444 e. The molecule has 0 saturated heterocycles. The van der Waals surface area contributed by atoms with Crippen molar-refractivity contribution in [1.82, 2.24) is 4.90 Å². The molecule has 5 heteroatoms. The SMILES string of the molecule is CC(C)(C)OC(=O)N1CCc2ccc(N)cc2C(O)C1. The van der Waals surface area contributed by atoms with Gasteiger partial charge in [-0.2, -0.15) is 0 Å². The van der Waals surface area contributed by atoms with Gasteiger partial charge >= 0.3 is 6.09 Å². The van der Waals surface area contributed by atoms with E-state index in [0.29, 0.717) is 18.7 Å². The Morgan fingerprint density at radius 3 is 2.80 bits per heavy atom. The summed E-state index contributed by atoms with van der Waals surface area (Å²) < 4.78 is 5.35. The standard InChI is InChI=1S/C15H22N2O3/c1-15(2,3)20-14(19)17-7-6-10-4-5-11(16)8-12(10)13(18)9-17/h4-5,8,13,18H,6-7,9,16H2,1-3H3. The molecule has 1 aliphatic rings. The summed E-state index contributed by atoms with van der Waals surface area (Å²) in [5, 5.41) is 10.3. The van der Waals surface area contributed by atoms with Crippen LogP contribution in [0.2, 0.25) is 0 Å². The van der Waals surface area contributed by atoms with Crippen LogP contribution in [0.1, 0.15) is 38.0 Å². The van der Waals surface area contributed by atoms with Crippen LogP contribution in [0.15, 0.2) is 18.2 Å². The molecule has 5 nitrogen and oxygen atoms in total. The second-order valence-electron chi connectivity index (χ2n) is 6.15. The van der Waals surface area contributed by atoms with Crippen molar-refractivity contribution in [3.63, 3.8) is 0 Å². The van der Waals surface area contributed by atoms with Gasteiger partial charge in [-0.25, -0.2) is 4.79 Å². The predicted octanol–water partition coefficient (Wildman–Crippen LogP) is 2.10. The Morgan fingerprint density at radius 1 is 1.45 bits per heavy atom. The maximum Gasteiger partial charge on any atom is 0.410 e. The lowest BCUT2D eigenvalue weighted by Gasteiger charge is -2.27. The first-order chi connectivity index (χ1) is 9.26. The van der Waals surface area contributed by atoms with Gasteiger partial charge in [0.15, 0.2) is 0 Å². The Morgan fingerprint density at radius 2 is 2.15 bits per heavy atom. The number of carbonyl (C=O) groups is 1. The van der Waals surface area contributed by atoms with Crippen molar-refractivity contribution in [2.45, 2.75) is 38.9 Å². The van der Waals surface area contributed by atoms with Gasteiger partial charge in [-0.3, -0.25) is 0 Å². The number of nitrogens with two attached hydrogens (primary N) is 1. The molecule has 20 heavy (non-hydrogen) atoms. The Hall–Kier alpha value is -1.75. The fourth-order valence-corrected chi connectivity index (χ4v) is 2.30. The molecule has 2 rings (SSSR count).